The number of carbonyl (C=O) groups is 1. The molecule has 6 heteroatoms. The van der Waals surface area contributed by atoms with Crippen molar-refractivity contribution in [2.75, 3.05) is 14.2 Å². The van der Waals surface area contributed by atoms with E-state index >= 15 is 0 Å². The number of hydrogen-bond acceptors (Lipinski definition) is 4. The van der Waals surface area contributed by atoms with E-state index in [0.717, 1.165) is 44.4 Å². The summed E-state index contributed by atoms with van der Waals surface area (Å²) in [5.74, 6) is 0.621. The van der Waals surface area contributed by atoms with Crippen molar-refractivity contribution >= 4 is 16.9 Å². The minimum absolute atomic E-state index is 0.101. The second-order valence-electron chi connectivity index (χ2n) is 8.04. The zero-order valence-corrected chi connectivity index (χ0v) is 19.2. The summed E-state index contributed by atoms with van der Waals surface area (Å²) in [6.07, 6.45) is -0.101. The zero-order chi connectivity index (χ0) is 23.5. The molecule has 4 rings (SSSR count). The largest absolute Gasteiger partial charge is 0.493 e. The molecule has 0 unspecified atom stereocenters. The Kier molecular flexibility index (Phi) is 6.27. The van der Waals surface area contributed by atoms with Gasteiger partial charge in [0.2, 0.25) is 5.75 Å². The SMILES string of the molecule is COc1cc(-c2[nH]c3cc(C)cc(C)c3c2CC(=O)O)cc(OC)c1OCc1ccccc1. The van der Waals surface area contributed by atoms with Crippen molar-refractivity contribution in [3.05, 3.63) is 76.9 Å². The Morgan fingerprint density at radius 1 is 0.970 bits per heavy atom. The van der Waals surface area contributed by atoms with Gasteiger partial charge in [-0.15, -0.1) is 0 Å². The third-order valence-corrected chi connectivity index (χ3v) is 5.65. The van der Waals surface area contributed by atoms with Crippen molar-refractivity contribution in [1.82, 2.24) is 4.98 Å². The van der Waals surface area contributed by atoms with E-state index in [0.29, 0.717) is 23.9 Å². The van der Waals surface area contributed by atoms with Gasteiger partial charge < -0.3 is 24.3 Å². The van der Waals surface area contributed by atoms with Crippen LogP contribution in [0, 0.1) is 13.8 Å². The highest BCUT2D eigenvalue weighted by molar-refractivity contribution is 5.96. The van der Waals surface area contributed by atoms with E-state index in [1.165, 1.54) is 0 Å². The molecule has 0 amide bonds. The number of carboxylic acids is 1. The van der Waals surface area contributed by atoms with E-state index in [1.54, 1.807) is 14.2 Å². The molecular formula is C27H27NO5. The Morgan fingerprint density at radius 3 is 2.24 bits per heavy atom. The van der Waals surface area contributed by atoms with Gasteiger partial charge in [0.15, 0.2) is 11.5 Å². The maximum absolute atomic E-state index is 11.7. The number of benzene rings is 3. The first-order valence-corrected chi connectivity index (χ1v) is 10.7. The second kappa shape index (κ2) is 9.28. The smallest absolute Gasteiger partial charge is 0.307 e. The summed E-state index contributed by atoms with van der Waals surface area (Å²) < 4.78 is 17.3. The molecule has 170 valence electrons. The molecule has 0 atom stereocenters. The summed E-state index contributed by atoms with van der Waals surface area (Å²) >= 11 is 0. The first-order chi connectivity index (χ1) is 15.9. The van der Waals surface area contributed by atoms with E-state index in [2.05, 4.69) is 11.1 Å². The number of H-pyrrole nitrogens is 1. The number of ether oxygens (including phenoxy) is 3. The number of rotatable bonds is 8. The average molecular weight is 446 g/mol. The number of methoxy groups -OCH3 is 2. The third-order valence-electron chi connectivity index (χ3n) is 5.65. The molecule has 0 saturated heterocycles. The lowest BCUT2D eigenvalue weighted by molar-refractivity contribution is -0.136. The summed E-state index contributed by atoms with van der Waals surface area (Å²) in [5, 5.41) is 10.5. The molecule has 0 aliphatic carbocycles. The van der Waals surface area contributed by atoms with E-state index in [4.69, 9.17) is 14.2 Å². The molecule has 0 radical (unpaired) electrons. The van der Waals surface area contributed by atoms with Gasteiger partial charge in [-0.3, -0.25) is 4.79 Å². The minimum atomic E-state index is -0.890. The summed E-state index contributed by atoms with van der Waals surface area (Å²) in [7, 11) is 3.15. The van der Waals surface area contributed by atoms with Gasteiger partial charge in [-0.2, -0.15) is 0 Å². The first-order valence-electron chi connectivity index (χ1n) is 10.7. The van der Waals surface area contributed by atoms with Crippen molar-refractivity contribution in [3.63, 3.8) is 0 Å². The quantitative estimate of drug-likeness (QED) is 0.365. The number of aromatic nitrogens is 1. The summed E-state index contributed by atoms with van der Waals surface area (Å²) in [4.78, 5) is 15.1. The molecule has 0 aliphatic heterocycles. The fourth-order valence-corrected chi connectivity index (χ4v) is 4.27. The maximum Gasteiger partial charge on any atom is 0.307 e. The van der Waals surface area contributed by atoms with E-state index in [9.17, 15) is 9.90 Å². The average Bonchev–Trinajstić information content (AvgIpc) is 3.15. The lowest BCUT2D eigenvalue weighted by Crippen LogP contribution is -2.03. The predicted octanol–water partition coefficient (Wildman–Crippen LogP) is 5.68. The molecule has 4 aromatic rings. The normalized spacial score (nSPS) is 10.9. The van der Waals surface area contributed by atoms with Gasteiger partial charge in [0, 0.05) is 16.5 Å². The molecule has 33 heavy (non-hydrogen) atoms. The first kappa shape index (κ1) is 22.3. The Morgan fingerprint density at radius 2 is 1.64 bits per heavy atom. The summed E-state index contributed by atoms with van der Waals surface area (Å²) in [6, 6.07) is 17.6. The van der Waals surface area contributed by atoms with Gasteiger partial charge >= 0.3 is 5.97 Å². The third kappa shape index (κ3) is 4.51. The van der Waals surface area contributed by atoms with Crippen molar-refractivity contribution in [2.45, 2.75) is 26.9 Å². The Hall–Kier alpha value is -3.93. The lowest BCUT2D eigenvalue weighted by atomic mass is 9.98. The molecule has 0 aliphatic rings. The van der Waals surface area contributed by atoms with Gasteiger partial charge in [-0.05, 0) is 54.3 Å². The molecule has 3 aromatic carbocycles. The van der Waals surface area contributed by atoms with Crippen LogP contribution < -0.4 is 14.2 Å². The van der Waals surface area contributed by atoms with Crippen LogP contribution in [-0.2, 0) is 17.8 Å². The summed E-state index contributed by atoms with van der Waals surface area (Å²) in [5.41, 5.74) is 6.29. The predicted molar refractivity (Wildman–Crippen MR) is 128 cm³/mol. The number of hydrogen-bond donors (Lipinski definition) is 2. The van der Waals surface area contributed by atoms with Crippen LogP contribution in [0.3, 0.4) is 0 Å². The van der Waals surface area contributed by atoms with E-state index < -0.39 is 5.97 Å². The highest BCUT2D eigenvalue weighted by Gasteiger charge is 2.21. The van der Waals surface area contributed by atoms with Crippen LogP contribution in [-0.4, -0.2) is 30.3 Å². The van der Waals surface area contributed by atoms with Crippen LogP contribution in [0.15, 0.2) is 54.6 Å². The van der Waals surface area contributed by atoms with Crippen LogP contribution in [0.2, 0.25) is 0 Å². The van der Waals surface area contributed by atoms with Crippen molar-refractivity contribution in [1.29, 1.82) is 0 Å². The van der Waals surface area contributed by atoms with Crippen LogP contribution in [0.1, 0.15) is 22.3 Å². The molecule has 0 fully saturated rings. The molecule has 2 N–H and O–H groups in total. The van der Waals surface area contributed by atoms with Crippen LogP contribution in [0.5, 0.6) is 17.2 Å². The molecule has 1 heterocycles. The van der Waals surface area contributed by atoms with Crippen molar-refractivity contribution in [2.24, 2.45) is 0 Å². The standard InChI is InChI=1S/C27H27NO5/c1-16-10-17(2)25-20(14-24(29)30)26(28-21(25)11-16)19-12-22(31-3)27(23(13-19)32-4)33-15-18-8-6-5-7-9-18/h5-13,28H,14-15H2,1-4H3,(H,29,30). The van der Waals surface area contributed by atoms with Crippen molar-refractivity contribution in [3.8, 4) is 28.5 Å². The number of nitrogens with one attached hydrogen (secondary N) is 1. The Balaban J connectivity index is 1.84. The van der Waals surface area contributed by atoms with Gasteiger partial charge in [0.1, 0.15) is 6.61 Å². The van der Waals surface area contributed by atoms with E-state index in [-0.39, 0.29) is 6.42 Å². The van der Waals surface area contributed by atoms with E-state index in [1.807, 2.05) is 62.4 Å². The monoisotopic (exact) mass is 445 g/mol. The van der Waals surface area contributed by atoms with Crippen LogP contribution in [0.4, 0.5) is 0 Å². The number of fused-ring (bicyclic) bond motifs is 1. The fraction of sp³-hybridized carbons (Fsp3) is 0.222. The Labute approximate surface area is 192 Å². The van der Waals surface area contributed by atoms with Gasteiger partial charge in [0.25, 0.3) is 0 Å². The Bertz CT molecular complexity index is 1280. The topological polar surface area (TPSA) is 80.8 Å². The summed E-state index contributed by atoms with van der Waals surface area (Å²) in [6.45, 7) is 4.39. The number of aryl methyl sites for hydroxylation is 2. The molecule has 0 saturated carbocycles. The second-order valence-corrected chi connectivity index (χ2v) is 8.04. The van der Waals surface area contributed by atoms with Gasteiger partial charge in [-0.25, -0.2) is 0 Å². The van der Waals surface area contributed by atoms with Gasteiger partial charge in [-0.1, -0.05) is 36.4 Å². The highest BCUT2D eigenvalue weighted by atomic mass is 16.5. The maximum atomic E-state index is 11.7. The molecule has 1 aromatic heterocycles. The van der Waals surface area contributed by atoms with Crippen molar-refractivity contribution < 1.29 is 24.1 Å². The lowest BCUT2D eigenvalue weighted by Gasteiger charge is -2.16. The fourth-order valence-electron chi connectivity index (χ4n) is 4.27. The number of carboxylic acid groups (broad SMARTS) is 1. The number of aliphatic carboxylic acids is 1. The highest BCUT2D eigenvalue weighted by Crippen LogP contribution is 2.43. The zero-order valence-electron chi connectivity index (χ0n) is 19.2. The molecule has 6 nitrogen and oxygen atoms in total. The molecule has 0 bridgehead atoms. The minimum Gasteiger partial charge on any atom is -0.493 e. The molecule has 0 spiro atoms. The number of aromatic amines is 1. The van der Waals surface area contributed by atoms with Crippen LogP contribution in [0.25, 0.3) is 22.2 Å². The van der Waals surface area contributed by atoms with Gasteiger partial charge in [0.05, 0.1) is 26.3 Å². The molecular weight excluding hydrogens is 418 g/mol. The van der Waals surface area contributed by atoms with Crippen LogP contribution >= 0.6 is 0 Å².